The molecule has 1 atom stereocenters. The lowest BCUT2D eigenvalue weighted by Crippen LogP contribution is -2.27. The minimum absolute atomic E-state index is 0.00639. The number of thiophene rings is 1. The smallest absolute Gasteiger partial charge is 0.261 e. The van der Waals surface area contributed by atoms with Crippen LogP contribution in [0.25, 0.3) is 10.1 Å². The van der Waals surface area contributed by atoms with E-state index in [0.29, 0.717) is 19.1 Å². The summed E-state index contributed by atoms with van der Waals surface area (Å²) in [6.45, 7) is 5.93. The molecule has 2 heterocycles. The van der Waals surface area contributed by atoms with Crippen LogP contribution >= 0.6 is 11.3 Å². The number of amides is 1. The first-order chi connectivity index (χ1) is 15.1. The summed E-state index contributed by atoms with van der Waals surface area (Å²) in [7, 11) is 3.38. The van der Waals surface area contributed by atoms with Crippen LogP contribution in [-0.4, -0.2) is 51.3 Å². The number of aryl methyl sites for hydroxylation is 1. The van der Waals surface area contributed by atoms with Gasteiger partial charge in [-0.2, -0.15) is 0 Å². The van der Waals surface area contributed by atoms with Gasteiger partial charge in [-0.15, -0.1) is 11.3 Å². The summed E-state index contributed by atoms with van der Waals surface area (Å²) < 4.78 is 11.9. The molecule has 0 bridgehead atoms. The van der Waals surface area contributed by atoms with E-state index in [2.05, 4.69) is 53.5 Å². The topological polar surface area (TPSA) is 50.8 Å². The van der Waals surface area contributed by atoms with E-state index in [0.717, 1.165) is 36.7 Å². The van der Waals surface area contributed by atoms with Gasteiger partial charge in [0, 0.05) is 42.9 Å². The highest BCUT2D eigenvalue weighted by Crippen LogP contribution is 2.40. The third-order valence-corrected chi connectivity index (χ3v) is 7.13. The highest BCUT2D eigenvalue weighted by Gasteiger charge is 2.30. The Morgan fingerprint density at radius 3 is 2.87 bits per heavy atom. The first-order valence-corrected chi connectivity index (χ1v) is 11.6. The number of rotatable bonds is 8. The van der Waals surface area contributed by atoms with Gasteiger partial charge in [-0.1, -0.05) is 30.3 Å². The maximum absolute atomic E-state index is 13.0. The minimum atomic E-state index is 0.00639. The third kappa shape index (κ3) is 4.76. The molecule has 0 aliphatic carbocycles. The Bertz CT molecular complexity index is 1060. The standard InChI is InChI=1S/C25H30N2O3S/c1-17-8-9-18(21(14-17)30-3)15-27-12-10-19(16-27)23-20-6-4-5-7-22(20)31-24(23)25(28)26-11-13-29-2/h4-9,14,19H,10-13,15-16H2,1-3H3,(H,26,28)/t19-/m1/s1. The van der Waals surface area contributed by atoms with Crippen LogP contribution in [0, 0.1) is 6.92 Å². The number of nitrogens with one attached hydrogen (secondary N) is 1. The summed E-state index contributed by atoms with van der Waals surface area (Å²) in [6, 6.07) is 14.8. The number of ether oxygens (including phenoxy) is 2. The van der Waals surface area contributed by atoms with Gasteiger partial charge in [0.25, 0.3) is 5.91 Å². The molecule has 1 N–H and O–H groups in total. The Kier molecular flexibility index (Phi) is 6.90. The van der Waals surface area contributed by atoms with E-state index in [1.54, 1.807) is 25.6 Å². The van der Waals surface area contributed by atoms with Crippen LogP contribution < -0.4 is 10.1 Å². The lowest BCUT2D eigenvalue weighted by Gasteiger charge is -2.19. The van der Waals surface area contributed by atoms with E-state index in [1.807, 2.05) is 6.07 Å². The molecule has 0 spiro atoms. The quantitative estimate of drug-likeness (QED) is 0.523. The Morgan fingerprint density at radius 1 is 1.23 bits per heavy atom. The average molecular weight is 439 g/mol. The largest absolute Gasteiger partial charge is 0.496 e. The summed E-state index contributed by atoms with van der Waals surface area (Å²) in [6.07, 6.45) is 1.05. The highest BCUT2D eigenvalue weighted by molar-refractivity contribution is 7.21. The third-order valence-electron chi connectivity index (χ3n) is 5.95. The maximum atomic E-state index is 13.0. The van der Waals surface area contributed by atoms with Crippen molar-refractivity contribution in [2.24, 2.45) is 0 Å². The molecule has 0 radical (unpaired) electrons. The van der Waals surface area contributed by atoms with Crippen molar-refractivity contribution in [3.05, 3.63) is 64.0 Å². The average Bonchev–Trinajstić information content (AvgIpc) is 3.39. The summed E-state index contributed by atoms with van der Waals surface area (Å²) in [5.41, 5.74) is 3.61. The molecule has 0 saturated carbocycles. The molecule has 5 nitrogen and oxygen atoms in total. The molecule has 1 aliphatic heterocycles. The Morgan fingerprint density at radius 2 is 2.06 bits per heavy atom. The Labute approximate surface area is 188 Å². The van der Waals surface area contributed by atoms with Gasteiger partial charge in [0.2, 0.25) is 0 Å². The van der Waals surface area contributed by atoms with Crippen molar-refractivity contribution in [2.45, 2.75) is 25.8 Å². The van der Waals surface area contributed by atoms with Crippen LogP contribution in [-0.2, 0) is 11.3 Å². The van der Waals surface area contributed by atoms with Gasteiger partial charge in [0.15, 0.2) is 0 Å². The number of hydrogen-bond acceptors (Lipinski definition) is 5. The number of methoxy groups -OCH3 is 2. The fourth-order valence-corrected chi connectivity index (χ4v) is 5.63. The number of fused-ring (bicyclic) bond motifs is 1. The summed E-state index contributed by atoms with van der Waals surface area (Å²) in [5, 5.41) is 4.22. The van der Waals surface area contributed by atoms with Gasteiger partial charge in [-0.3, -0.25) is 9.69 Å². The Balaban J connectivity index is 1.56. The molecular weight excluding hydrogens is 408 g/mol. The van der Waals surface area contributed by atoms with Crippen molar-refractivity contribution < 1.29 is 14.3 Å². The van der Waals surface area contributed by atoms with Gasteiger partial charge in [-0.25, -0.2) is 0 Å². The lowest BCUT2D eigenvalue weighted by atomic mass is 9.95. The predicted octanol–water partition coefficient (Wildman–Crippen LogP) is 4.58. The van der Waals surface area contributed by atoms with Crippen molar-refractivity contribution >= 4 is 27.3 Å². The molecule has 0 unspecified atom stereocenters. The Hall–Kier alpha value is -2.41. The van der Waals surface area contributed by atoms with E-state index < -0.39 is 0 Å². The van der Waals surface area contributed by atoms with Crippen LogP contribution in [0.2, 0.25) is 0 Å². The fraction of sp³-hybridized carbons (Fsp3) is 0.400. The molecule has 1 amide bonds. The number of likely N-dealkylation sites (tertiary alicyclic amines) is 1. The number of hydrogen-bond donors (Lipinski definition) is 1. The van der Waals surface area contributed by atoms with Crippen LogP contribution in [0.1, 0.15) is 38.7 Å². The van der Waals surface area contributed by atoms with E-state index in [4.69, 9.17) is 9.47 Å². The molecule has 1 saturated heterocycles. The second-order valence-electron chi connectivity index (χ2n) is 8.13. The van der Waals surface area contributed by atoms with E-state index in [9.17, 15) is 4.79 Å². The van der Waals surface area contributed by atoms with Crippen molar-refractivity contribution in [3.8, 4) is 5.75 Å². The zero-order valence-corrected chi connectivity index (χ0v) is 19.3. The molecule has 4 rings (SSSR count). The first-order valence-electron chi connectivity index (χ1n) is 10.7. The normalized spacial score (nSPS) is 16.7. The van der Waals surface area contributed by atoms with Gasteiger partial charge < -0.3 is 14.8 Å². The molecular formula is C25H30N2O3S. The molecule has 31 heavy (non-hydrogen) atoms. The number of benzene rings is 2. The maximum Gasteiger partial charge on any atom is 0.261 e. The zero-order valence-electron chi connectivity index (χ0n) is 18.4. The van der Waals surface area contributed by atoms with Crippen LogP contribution in [0.3, 0.4) is 0 Å². The molecule has 1 fully saturated rings. The van der Waals surface area contributed by atoms with E-state index >= 15 is 0 Å². The number of nitrogens with zero attached hydrogens (tertiary/aromatic N) is 1. The van der Waals surface area contributed by atoms with Crippen LogP contribution in [0.15, 0.2) is 42.5 Å². The molecule has 6 heteroatoms. The fourth-order valence-electron chi connectivity index (χ4n) is 4.42. The van der Waals surface area contributed by atoms with Crippen molar-refractivity contribution in [2.75, 3.05) is 40.5 Å². The first kappa shape index (κ1) is 21.8. The van der Waals surface area contributed by atoms with E-state index in [-0.39, 0.29) is 5.91 Å². The van der Waals surface area contributed by atoms with Crippen LogP contribution in [0.4, 0.5) is 0 Å². The minimum Gasteiger partial charge on any atom is -0.496 e. The van der Waals surface area contributed by atoms with Crippen molar-refractivity contribution in [3.63, 3.8) is 0 Å². The second-order valence-corrected chi connectivity index (χ2v) is 9.18. The highest BCUT2D eigenvalue weighted by atomic mass is 32.1. The molecule has 164 valence electrons. The molecule has 3 aromatic rings. The number of carbonyl (C=O) groups is 1. The summed E-state index contributed by atoms with van der Waals surface area (Å²) in [4.78, 5) is 16.3. The van der Waals surface area contributed by atoms with Gasteiger partial charge >= 0.3 is 0 Å². The van der Waals surface area contributed by atoms with E-state index in [1.165, 1.54) is 26.8 Å². The summed E-state index contributed by atoms with van der Waals surface area (Å²) >= 11 is 1.60. The number of carbonyl (C=O) groups excluding carboxylic acids is 1. The SMILES string of the molecule is COCCNC(=O)c1sc2ccccc2c1[C@@H]1CCN(Cc2ccc(C)cc2OC)C1. The molecule has 2 aromatic carbocycles. The summed E-state index contributed by atoms with van der Waals surface area (Å²) in [5.74, 6) is 1.30. The van der Waals surface area contributed by atoms with Gasteiger partial charge in [0.05, 0.1) is 18.6 Å². The monoisotopic (exact) mass is 438 g/mol. The molecule has 1 aromatic heterocycles. The lowest BCUT2D eigenvalue weighted by molar-refractivity contribution is 0.0940. The van der Waals surface area contributed by atoms with Crippen molar-refractivity contribution in [1.29, 1.82) is 0 Å². The van der Waals surface area contributed by atoms with Gasteiger partial charge in [-0.05, 0) is 48.5 Å². The zero-order chi connectivity index (χ0) is 21.8. The predicted molar refractivity (Wildman–Crippen MR) is 126 cm³/mol. The molecule has 1 aliphatic rings. The van der Waals surface area contributed by atoms with Crippen molar-refractivity contribution in [1.82, 2.24) is 10.2 Å². The van der Waals surface area contributed by atoms with Gasteiger partial charge in [0.1, 0.15) is 5.75 Å². The van der Waals surface area contributed by atoms with Crippen LogP contribution in [0.5, 0.6) is 5.75 Å². The second kappa shape index (κ2) is 9.81.